The van der Waals surface area contributed by atoms with E-state index in [0.717, 1.165) is 10.9 Å². The predicted molar refractivity (Wildman–Crippen MR) is 130 cm³/mol. The molecule has 6 nitrogen and oxygen atoms in total. The topological polar surface area (TPSA) is 67.9 Å². The van der Waals surface area contributed by atoms with Crippen molar-refractivity contribution in [2.75, 3.05) is 14.2 Å². The number of ether oxygens (including phenoxy) is 2. The molecule has 0 bridgehead atoms. The Hall–Kier alpha value is -3.23. The Morgan fingerprint density at radius 2 is 1.84 bits per heavy atom. The number of hydrogen-bond acceptors (Lipinski definition) is 5. The molecule has 3 aromatic rings. The first-order valence-electron chi connectivity index (χ1n) is 9.70. The van der Waals surface area contributed by atoms with E-state index >= 15 is 0 Å². The van der Waals surface area contributed by atoms with Crippen LogP contribution in [0, 0.1) is 0 Å². The minimum atomic E-state index is -0.537. The largest absolute Gasteiger partial charge is 0.493 e. The molecule has 32 heavy (non-hydrogen) atoms. The summed E-state index contributed by atoms with van der Waals surface area (Å²) in [7, 11) is 3.05. The molecule has 1 aliphatic heterocycles. The summed E-state index contributed by atoms with van der Waals surface area (Å²) in [5.74, 6) is -0.00428. The summed E-state index contributed by atoms with van der Waals surface area (Å²) >= 11 is 8.49. The van der Waals surface area contributed by atoms with Crippen LogP contribution in [0.1, 0.15) is 11.1 Å². The van der Waals surface area contributed by atoms with Crippen LogP contribution in [0.4, 0.5) is 0 Å². The Balaban J connectivity index is 1.60. The van der Waals surface area contributed by atoms with Crippen LogP contribution in [0.2, 0.25) is 0 Å². The van der Waals surface area contributed by atoms with Crippen LogP contribution >= 0.6 is 28.1 Å². The molecular formula is C24H19BrN2O4S. The summed E-state index contributed by atoms with van der Waals surface area (Å²) in [6.45, 7) is 0.351. The van der Waals surface area contributed by atoms with Crippen molar-refractivity contribution in [2.45, 2.75) is 6.61 Å². The molecule has 1 heterocycles. The van der Waals surface area contributed by atoms with Crippen molar-refractivity contribution in [3.8, 4) is 11.5 Å². The van der Waals surface area contributed by atoms with Crippen molar-refractivity contribution < 1.29 is 19.1 Å². The van der Waals surface area contributed by atoms with Gasteiger partial charge in [-0.3, -0.25) is 19.8 Å². The van der Waals surface area contributed by atoms with E-state index in [-0.39, 0.29) is 10.7 Å². The molecular weight excluding hydrogens is 492 g/mol. The van der Waals surface area contributed by atoms with E-state index in [1.807, 2.05) is 18.2 Å². The van der Waals surface area contributed by atoms with Gasteiger partial charge in [-0.05, 0) is 74.3 Å². The summed E-state index contributed by atoms with van der Waals surface area (Å²) in [6, 6.07) is 17.8. The zero-order chi connectivity index (χ0) is 22.8. The molecule has 1 fully saturated rings. The van der Waals surface area contributed by atoms with Gasteiger partial charge in [-0.15, -0.1) is 0 Å². The van der Waals surface area contributed by atoms with Crippen LogP contribution in [0.15, 0.2) is 64.6 Å². The van der Waals surface area contributed by atoms with Crippen molar-refractivity contribution in [3.63, 3.8) is 0 Å². The molecule has 0 aromatic heterocycles. The average molecular weight is 511 g/mol. The average Bonchev–Trinajstić information content (AvgIpc) is 2.79. The highest BCUT2D eigenvalue weighted by molar-refractivity contribution is 9.10. The Kier molecular flexibility index (Phi) is 6.25. The van der Waals surface area contributed by atoms with Crippen molar-refractivity contribution in [3.05, 3.63) is 75.8 Å². The molecule has 2 amide bonds. The van der Waals surface area contributed by atoms with Gasteiger partial charge in [0.25, 0.3) is 11.8 Å². The Labute approximate surface area is 198 Å². The number of benzene rings is 3. The third kappa shape index (κ3) is 4.37. The van der Waals surface area contributed by atoms with Gasteiger partial charge >= 0.3 is 0 Å². The van der Waals surface area contributed by atoms with E-state index in [2.05, 4.69) is 45.5 Å². The van der Waals surface area contributed by atoms with Crippen molar-refractivity contribution in [1.29, 1.82) is 0 Å². The number of nitrogens with zero attached hydrogens (tertiary/aromatic N) is 1. The molecule has 4 rings (SSSR count). The number of methoxy groups -OCH3 is 1. The second-order valence-electron chi connectivity index (χ2n) is 7.19. The van der Waals surface area contributed by atoms with E-state index in [9.17, 15) is 9.59 Å². The maximum atomic E-state index is 12.5. The number of likely N-dealkylation sites (N-methyl/N-ethyl adjacent to an activating group) is 1. The Morgan fingerprint density at radius 1 is 1.09 bits per heavy atom. The number of halogens is 1. The summed E-state index contributed by atoms with van der Waals surface area (Å²) in [5.41, 5.74) is 1.61. The lowest BCUT2D eigenvalue weighted by Crippen LogP contribution is -2.52. The SMILES string of the molecule is COc1cc(/C=C2\C(=O)NC(=S)N(C)C2=O)cc(Br)c1OCc1ccc2ccccc2c1. The zero-order valence-electron chi connectivity index (χ0n) is 17.3. The predicted octanol–water partition coefficient (Wildman–Crippen LogP) is 4.45. The highest BCUT2D eigenvalue weighted by Gasteiger charge is 2.30. The first-order chi connectivity index (χ1) is 15.4. The van der Waals surface area contributed by atoms with Gasteiger partial charge in [-0.1, -0.05) is 36.4 Å². The van der Waals surface area contributed by atoms with Crippen molar-refractivity contribution >= 4 is 61.9 Å². The standard InChI is InChI=1S/C24H19BrN2O4S/c1-27-23(29)18(22(28)26-24(27)32)10-15-11-19(25)21(20(12-15)30-2)31-13-14-7-8-16-5-3-4-6-17(16)9-14/h3-12H,13H2,1-2H3,(H,26,28,32)/b18-10+. The van der Waals surface area contributed by atoms with E-state index in [1.165, 1.54) is 30.5 Å². The monoisotopic (exact) mass is 510 g/mol. The maximum absolute atomic E-state index is 12.5. The fourth-order valence-corrected chi connectivity index (χ4v) is 4.11. The number of thiocarbonyl (C=S) groups is 1. The molecule has 1 saturated heterocycles. The van der Waals surface area contributed by atoms with Crippen LogP contribution in [0.5, 0.6) is 11.5 Å². The highest BCUT2D eigenvalue weighted by Crippen LogP contribution is 2.38. The molecule has 0 saturated carbocycles. The fourth-order valence-electron chi connectivity index (χ4n) is 3.36. The van der Waals surface area contributed by atoms with Crippen LogP contribution < -0.4 is 14.8 Å². The molecule has 1 N–H and O–H groups in total. The Morgan fingerprint density at radius 3 is 2.59 bits per heavy atom. The summed E-state index contributed by atoms with van der Waals surface area (Å²) in [6.07, 6.45) is 1.50. The molecule has 0 atom stereocenters. The van der Waals surface area contributed by atoms with E-state index < -0.39 is 11.8 Å². The highest BCUT2D eigenvalue weighted by atomic mass is 79.9. The van der Waals surface area contributed by atoms with E-state index in [0.29, 0.717) is 28.1 Å². The van der Waals surface area contributed by atoms with Gasteiger partial charge in [0.05, 0.1) is 11.6 Å². The number of rotatable bonds is 5. The number of fused-ring (bicyclic) bond motifs is 1. The molecule has 0 unspecified atom stereocenters. The lowest BCUT2D eigenvalue weighted by Gasteiger charge is -2.25. The molecule has 3 aromatic carbocycles. The number of carbonyl (C=O) groups is 2. The molecule has 0 spiro atoms. The van der Waals surface area contributed by atoms with Crippen LogP contribution in [0.3, 0.4) is 0 Å². The number of carbonyl (C=O) groups excluding carboxylic acids is 2. The summed E-state index contributed by atoms with van der Waals surface area (Å²) in [4.78, 5) is 25.9. The van der Waals surface area contributed by atoms with Crippen molar-refractivity contribution in [1.82, 2.24) is 10.2 Å². The minimum Gasteiger partial charge on any atom is -0.493 e. The molecule has 162 valence electrons. The van der Waals surface area contributed by atoms with Gasteiger partial charge in [0, 0.05) is 7.05 Å². The lowest BCUT2D eigenvalue weighted by atomic mass is 10.1. The van der Waals surface area contributed by atoms with Crippen molar-refractivity contribution in [2.24, 2.45) is 0 Å². The Bertz CT molecular complexity index is 1290. The van der Waals surface area contributed by atoms with E-state index in [4.69, 9.17) is 21.7 Å². The summed E-state index contributed by atoms with van der Waals surface area (Å²) < 4.78 is 12.2. The first-order valence-corrected chi connectivity index (χ1v) is 10.9. The number of amides is 2. The van der Waals surface area contributed by atoms with Crippen LogP contribution in [0.25, 0.3) is 16.8 Å². The molecule has 1 aliphatic rings. The number of nitrogens with one attached hydrogen (secondary N) is 1. The molecule has 0 aliphatic carbocycles. The maximum Gasteiger partial charge on any atom is 0.265 e. The van der Waals surface area contributed by atoms with Gasteiger partial charge in [0.1, 0.15) is 12.2 Å². The number of hydrogen-bond donors (Lipinski definition) is 1. The van der Waals surface area contributed by atoms with Crippen LogP contribution in [-0.2, 0) is 16.2 Å². The molecule has 0 radical (unpaired) electrons. The first kappa shape index (κ1) is 22.0. The van der Waals surface area contributed by atoms with Gasteiger partial charge in [-0.2, -0.15) is 0 Å². The van der Waals surface area contributed by atoms with E-state index in [1.54, 1.807) is 12.1 Å². The van der Waals surface area contributed by atoms with Gasteiger partial charge in [-0.25, -0.2) is 0 Å². The fraction of sp³-hybridized carbons (Fsp3) is 0.125. The minimum absolute atomic E-state index is 0.0140. The second kappa shape index (κ2) is 9.10. The normalized spacial score (nSPS) is 15.3. The van der Waals surface area contributed by atoms with Gasteiger partial charge in [0.15, 0.2) is 16.6 Å². The van der Waals surface area contributed by atoms with Gasteiger partial charge < -0.3 is 9.47 Å². The quantitative estimate of drug-likeness (QED) is 0.312. The lowest BCUT2D eigenvalue weighted by molar-refractivity contribution is -0.128. The summed E-state index contributed by atoms with van der Waals surface area (Å²) in [5, 5.41) is 4.88. The molecule has 8 heteroatoms. The van der Waals surface area contributed by atoms with Crippen LogP contribution in [-0.4, -0.2) is 36.0 Å². The third-order valence-electron chi connectivity index (χ3n) is 5.06. The smallest absolute Gasteiger partial charge is 0.265 e. The third-order valence-corrected chi connectivity index (χ3v) is 6.03. The zero-order valence-corrected chi connectivity index (χ0v) is 19.7. The van der Waals surface area contributed by atoms with Gasteiger partial charge in [0.2, 0.25) is 0 Å². The second-order valence-corrected chi connectivity index (χ2v) is 8.43.